The van der Waals surface area contributed by atoms with Crippen molar-refractivity contribution in [3.05, 3.63) is 47.7 Å². The maximum atomic E-state index is 4.86. The summed E-state index contributed by atoms with van der Waals surface area (Å²) in [7, 11) is 1.67. The van der Waals surface area contributed by atoms with Gasteiger partial charge in [-0.15, -0.1) is 0 Å². The van der Waals surface area contributed by atoms with Crippen LogP contribution in [-0.2, 0) is 17.6 Å². The highest BCUT2D eigenvalue weighted by Gasteiger charge is 1.97. The van der Waals surface area contributed by atoms with Crippen LogP contribution >= 0.6 is 0 Å². The highest BCUT2D eigenvalue weighted by Crippen LogP contribution is 2.10. The summed E-state index contributed by atoms with van der Waals surface area (Å²) in [6.45, 7) is 4.49. The zero-order chi connectivity index (χ0) is 11.1. The molecule has 0 aliphatic carbocycles. The Morgan fingerprint density at radius 3 is 2.27 bits per heavy atom. The van der Waals surface area contributed by atoms with Crippen molar-refractivity contribution in [2.45, 2.75) is 26.7 Å². The van der Waals surface area contributed by atoms with Gasteiger partial charge in [-0.1, -0.05) is 38.1 Å². The molecule has 0 spiro atoms. The molecule has 0 bridgehead atoms. The maximum absolute atomic E-state index is 4.86. The van der Waals surface area contributed by atoms with Crippen LogP contribution in [0.5, 0.6) is 0 Å². The van der Waals surface area contributed by atoms with Crippen LogP contribution in [-0.4, -0.2) is 7.11 Å². The predicted octanol–water partition coefficient (Wildman–Crippen LogP) is 3.59. The van der Waals surface area contributed by atoms with Crippen molar-refractivity contribution in [3.63, 3.8) is 0 Å². The van der Waals surface area contributed by atoms with Crippen LogP contribution in [0, 0.1) is 5.92 Å². The van der Waals surface area contributed by atoms with Gasteiger partial charge >= 0.3 is 0 Å². The van der Waals surface area contributed by atoms with Gasteiger partial charge in [0.05, 0.1) is 13.4 Å². The molecule has 0 amide bonds. The van der Waals surface area contributed by atoms with Gasteiger partial charge in [-0.2, -0.15) is 0 Å². The monoisotopic (exact) mass is 204 g/mol. The Morgan fingerprint density at radius 2 is 1.73 bits per heavy atom. The molecule has 0 radical (unpaired) electrons. The fraction of sp³-hybridized carbons (Fsp3) is 0.429. The van der Waals surface area contributed by atoms with Crippen molar-refractivity contribution in [2.75, 3.05) is 7.11 Å². The van der Waals surface area contributed by atoms with Crippen LogP contribution in [0.4, 0.5) is 0 Å². The van der Waals surface area contributed by atoms with E-state index in [-0.39, 0.29) is 0 Å². The Kier molecular flexibility index (Phi) is 4.96. The number of methoxy groups -OCH3 is 1. The Morgan fingerprint density at radius 1 is 1.13 bits per heavy atom. The van der Waals surface area contributed by atoms with Crippen molar-refractivity contribution in [3.8, 4) is 0 Å². The molecule has 0 saturated heterocycles. The minimum absolute atomic E-state index is 0.726. The molecule has 1 nitrogen and oxygen atoms in total. The van der Waals surface area contributed by atoms with Gasteiger partial charge in [0.25, 0.3) is 0 Å². The lowest BCUT2D eigenvalue weighted by molar-refractivity contribution is 0.337. The van der Waals surface area contributed by atoms with Crippen molar-refractivity contribution in [1.82, 2.24) is 0 Å². The smallest absolute Gasteiger partial charge is 0.0788 e. The first-order valence-corrected chi connectivity index (χ1v) is 5.48. The van der Waals surface area contributed by atoms with Gasteiger partial charge in [0.1, 0.15) is 0 Å². The van der Waals surface area contributed by atoms with Crippen LogP contribution in [0.15, 0.2) is 36.6 Å². The average molecular weight is 204 g/mol. The molecule has 0 saturated carbocycles. The van der Waals surface area contributed by atoms with Crippen LogP contribution in [0.1, 0.15) is 25.0 Å². The molecule has 0 unspecified atom stereocenters. The molecule has 0 N–H and O–H groups in total. The lowest BCUT2D eigenvalue weighted by Gasteiger charge is -2.05. The highest BCUT2D eigenvalue weighted by molar-refractivity contribution is 5.24. The largest absolute Gasteiger partial charge is 0.505 e. The van der Waals surface area contributed by atoms with Gasteiger partial charge in [-0.25, -0.2) is 0 Å². The third kappa shape index (κ3) is 4.68. The minimum Gasteiger partial charge on any atom is -0.505 e. The van der Waals surface area contributed by atoms with E-state index in [1.807, 2.05) is 6.08 Å². The van der Waals surface area contributed by atoms with Gasteiger partial charge < -0.3 is 4.74 Å². The molecule has 1 rings (SSSR count). The Hall–Kier alpha value is -1.24. The van der Waals surface area contributed by atoms with E-state index in [0.29, 0.717) is 0 Å². The molecule has 0 fully saturated rings. The molecule has 15 heavy (non-hydrogen) atoms. The van der Waals surface area contributed by atoms with Gasteiger partial charge in [-0.05, 0) is 36.0 Å². The normalized spacial score (nSPS) is 11.2. The first-order chi connectivity index (χ1) is 7.22. The van der Waals surface area contributed by atoms with Crippen molar-refractivity contribution in [2.24, 2.45) is 5.92 Å². The number of hydrogen-bond donors (Lipinski definition) is 0. The van der Waals surface area contributed by atoms with E-state index >= 15 is 0 Å². The zero-order valence-corrected chi connectivity index (χ0v) is 9.86. The Balaban J connectivity index is 2.52. The molecule has 1 aromatic rings. The van der Waals surface area contributed by atoms with E-state index in [1.54, 1.807) is 13.4 Å². The summed E-state index contributed by atoms with van der Waals surface area (Å²) in [6, 6.07) is 8.82. The van der Waals surface area contributed by atoms with E-state index in [4.69, 9.17) is 4.74 Å². The fourth-order valence-corrected chi connectivity index (χ4v) is 1.56. The molecule has 0 aliphatic heterocycles. The number of ether oxygens (including phenoxy) is 1. The van der Waals surface area contributed by atoms with Gasteiger partial charge in [0, 0.05) is 0 Å². The first kappa shape index (κ1) is 11.8. The molecular formula is C14H20O. The lowest BCUT2D eigenvalue weighted by atomic mass is 10.0. The predicted molar refractivity (Wildman–Crippen MR) is 64.8 cm³/mol. The highest BCUT2D eigenvalue weighted by atomic mass is 16.5. The summed E-state index contributed by atoms with van der Waals surface area (Å²) in [4.78, 5) is 0. The lowest BCUT2D eigenvalue weighted by Crippen LogP contribution is -1.93. The Labute approximate surface area is 92.8 Å². The Bertz CT molecular complexity index is 296. The number of allylic oxidation sites excluding steroid dienone is 1. The molecular weight excluding hydrogens is 184 g/mol. The molecule has 1 heteroatoms. The summed E-state index contributed by atoms with van der Waals surface area (Å²) in [5, 5.41) is 0. The molecule has 0 heterocycles. The quantitative estimate of drug-likeness (QED) is 0.666. The van der Waals surface area contributed by atoms with Gasteiger partial charge in [-0.3, -0.25) is 0 Å². The van der Waals surface area contributed by atoms with Crippen LogP contribution in [0.3, 0.4) is 0 Å². The second-order valence-electron chi connectivity index (χ2n) is 4.23. The van der Waals surface area contributed by atoms with Gasteiger partial charge in [0.2, 0.25) is 0 Å². The number of benzene rings is 1. The molecule has 0 aliphatic rings. The molecule has 1 aromatic carbocycles. The van der Waals surface area contributed by atoms with Crippen molar-refractivity contribution in [1.29, 1.82) is 0 Å². The standard InChI is InChI=1S/C14H20O/c1-12(2)11-14-8-6-13(7-9-14)5-4-10-15-3/h4,6-10,12H,5,11H2,1-3H3/b10-4+. The van der Waals surface area contributed by atoms with E-state index in [0.717, 1.165) is 18.8 Å². The summed E-state index contributed by atoms with van der Waals surface area (Å²) < 4.78 is 4.86. The van der Waals surface area contributed by atoms with E-state index < -0.39 is 0 Å². The summed E-state index contributed by atoms with van der Waals surface area (Å²) in [6.07, 6.45) is 5.85. The number of rotatable bonds is 5. The SMILES string of the molecule is CO/C=C/Cc1ccc(CC(C)C)cc1. The third-order valence-electron chi connectivity index (χ3n) is 2.25. The van der Waals surface area contributed by atoms with Gasteiger partial charge in [0.15, 0.2) is 0 Å². The maximum Gasteiger partial charge on any atom is 0.0788 e. The van der Waals surface area contributed by atoms with Crippen molar-refractivity contribution < 1.29 is 4.74 Å². The second-order valence-corrected chi connectivity index (χ2v) is 4.23. The van der Waals surface area contributed by atoms with E-state index in [9.17, 15) is 0 Å². The zero-order valence-electron chi connectivity index (χ0n) is 9.86. The molecule has 0 aromatic heterocycles. The second kappa shape index (κ2) is 6.28. The van der Waals surface area contributed by atoms with E-state index in [1.165, 1.54) is 11.1 Å². The summed E-state index contributed by atoms with van der Waals surface area (Å²) in [5.41, 5.74) is 2.75. The molecule has 82 valence electrons. The van der Waals surface area contributed by atoms with Crippen LogP contribution in [0.2, 0.25) is 0 Å². The fourth-order valence-electron chi connectivity index (χ4n) is 1.56. The average Bonchev–Trinajstić information content (AvgIpc) is 2.20. The van der Waals surface area contributed by atoms with Crippen LogP contribution < -0.4 is 0 Å². The summed E-state index contributed by atoms with van der Waals surface area (Å²) >= 11 is 0. The van der Waals surface area contributed by atoms with E-state index in [2.05, 4.69) is 38.1 Å². The molecule has 0 atom stereocenters. The van der Waals surface area contributed by atoms with Crippen molar-refractivity contribution >= 4 is 0 Å². The van der Waals surface area contributed by atoms with Crippen LogP contribution in [0.25, 0.3) is 0 Å². The minimum atomic E-state index is 0.726. The number of hydrogen-bond acceptors (Lipinski definition) is 1. The summed E-state index contributed by atoms with van der Waals surface area (Å²) in [5.74, 6) is 0.726. The topological polar surface area (TPSA) is 9.23 Å². The first-order valence-electron chi connectivity index (χ1n) is 5.48. The third-order valence-corrected chi connectivity index (χ3v) is 2.25.